The van der Waals surface area contributed by atoms with Crippen molar-refractivity contribution in [1.29, 1.82) is 0 Å². The first-order valence-electron chi connectivity index (χ1n) is 13.3. The molecule has 0 aliphatic carbocycles. The van der Waals surface area contributed by atoms with Gasteiger partial charge in [-0.1, -0.05) is 78.9 Å². The highest BCUT2D eigenvalue weighted by molar-refractivity contribution is 5.85. The lowest BCUT2D eigenvalue weighted by Crippen LogP contribution is -3.00. The van der Waals surface area contributed by atoms with E-state index in [-0.39, 0.29) is 29.0 Å². The number of hydrogen-bond donors (Lipinski definition) is 1. The van der Waals surface area contributed by atoms with Crippen molar-refractivity contribution in [2.45, 2.75) is 43.6 Å². The van der Waals surface area contributed by atoms with Crippen LogP contribution in [0.5, 0.6) is 0 Å². The Balaban J connectivity index is 0.00000353. The Morgan fingerprint density at radius 3 is 2.00 bits per heavy atom. The number of rotatable bonds is 8. The van der Waals surface area contributed by atoms with E-state index >= 15 is 0 Å². The van der Waals surface area contributed by atoms with Crippen LogP contribution in [0, 0.1) is 5.92 Å². The van der Waals surface area contributed by atoms with Gasteiger partial charge < -0.3 is 31.3 Å². The van der Waals surface area contributed by atoms with Crippen molar-refractivity contribution >= 4 is 5.97 Å². The smallest absolute Gasteiger partial charge is 0.416 e. The molecule has 2 bridgehead atoms. The molecule has 0 spiro atoms. The van der Waals surface area contributed by atoms with E-state index in [4.69, 9.17) is 4.74 Å². The lowest BCUT2D eigenvalue weighted by Gasteiger charge is -2.52. The summed E-state index contributed by atoms with van der Waals surface area (Å²) in [5.74, 6) is -0.422. The molecule has 3 aliphatic rings. The van der Waals surface area contributed by atoms with Crippen molar-refractivity contribution in [2.24, 2.45) is 5.92 Å². The Labute approximate surface area is 237 Å². The number of fused-ring (bicyclic) bond motifs is 3. The minimum Gasteiger partial charge on any atom is -1.00 e. The number of quaternary nitrogens is 1. The van der Waals surface area contributed by atoms with E-state index in [9.17, 15) is 23.1 Å². The first kappa shape index (κ1) is 29.3. The third-order valence-electron chi connectivity index (χ3n) is 8.33. The Morgan fingerprint density at radius 2 is 1.44 bits per heavy atom. The number of benzene rings is 3. The van der Waals surface area contributed by atoms with Gasteiger partial charge in [-0.2, -0.15) is 13.2 Å². The van der Waals surface area contributed by atoms with Crippen molar-refractivity contribution in [1.82, 2.24) is 0 Å². The van der Waals surface area contributed by atoms with Gasteiger partial charge in [-0.05, 0) is 29.2 Å². The molecule has 0 amide bonds. The number of piperidine rings is 3. The standard InChI is InChI=1S/C31H33F3NO3.BrH/c32-31(33,34)27-15-7-9-23(21-27)10-8-18-35-19-16-24(17-20-35)28(22-35)38-29(36)30(37,25-11-3-1-4-12-25)26-13-5-2-6-14-26;/h1-7,9,11-15,21,24,28,37H,8,10,16-20,22H2;1H/q+1;/p-1. The summed E-state index contributed by atoms with van der Waals surface area (Å²) in [6, 6.07) is 23.3. The lowest BCUT2D eigenvalue weighted by atomic mass is 9.82. The second-order valence-electron chi connectivity index (χ2n) is 10.7. The molecule has 39 heavy (non-hydrogen) atoms. The highest BCUT2D eigenvalue weighted by Crippen LogP contribution is 2.38. The van der Waals surface area contributed by atoms with Gasteiger partial charge in [0.15, 0.2) is 6.10 Å². The maximum atomic E-state index is 13.7. The molecule has 1 N–H and O–H groups in total. The quantitative estimate of drug-likeness (QED) is 0.318. The van der Waals surface area contributed by atoms with Crippen LogP contribution in [0.3, 0.4) is 0 Å². The number of alkyl halides is 3. The molecule has 0 radical (unpaired) electrons. The predicted molar refractivity (Wildman–Crippen MR) is 138 cm³/mol. The average molecular weight is 605 g/mol. The summed E-state index contributed by atoms with van der Waals surface area (Å²) >= 11 is 0. The predicted octanol–water partition coefficient (Wildman–Crippen LogP) is 2.73. The van der Waals surface area contributed by atoms with Crippen LogP contribution < -0.4 is 17.0 Å². The van der Waals surface area contributed by atoms with E-state index in [1.165, 1.54) is 12.1 Å². The minimum atomic E-state index is -4.34. The Bertz CT molecular complexity index is 1210. The molecule has 3 saturated heterocycles. The zero-order valence-corrected chi connectivity index (χ0v) is 23.2. The number of esters is 1. The maximum absolute atomic E-state index is 13.7. The number of halogens is 4. The van der Waals surface area contributed by atoms with Crippen LogP contribution in [0.15, 0.2) is 84.9 Å². The normalized spacial score (nSPS) is 22.7. The summed E-state index contributed by atoms with van der Waals surface area (Å²) in [5, 5.41) is 11.8. The molecule has 3 aromatic carbocycles. The third-order valence-corrected chi connectivity index (χ3v) is 8.33. The van der Waals surface area contributed by atoms with Gasteiger partial charge in [0.2, 0.25) is 5.60 Å². The largest absolute Gasteiger partial charge is 1.00 e. The topological polar surface area (TPSA) is 46.5 Å². The van der Waals surface area contributed by atoms with Crippen LogP contribution >= 0.6 is 0 Å². The number of ether oxygens (including phenoxy) is 1. The number of nitrogens with zero attached hydrogens (tertiary/aromatic N) is 1. The van der Waals surface area contributed by atoms with Crippen molar-refractivity contribution in [3.05, 3.63) is 107 Å². The Hall–Kier alpha value is -2.68. The fourth-order valence-electron chi connectivity index (χ4n) is 6.17. The molecule has 4 nitrogen and oxygen atoms in total. The summed E-state index contributed by atoms with van der Waals surface area (Å²) in [4.78, 5) is 13.7. The maximum Gasteiger partial charge on any atom is 0.416 e. The zero-order chi connectivity index (χ0) is 26.8. The zero-order valence-electron chi connectivity index (χ0n) is 21.6. The van der Waals surface area contributed by atoms with Gasteiger partial charge in [0.25, 0.3) is 0 Å². The van der Waals surface area contributed by atoms with Crippen molar-refractivity contribution in [2.75, 3.05) is 26.2 Å². The number of carbonyl (C=O) groups excluding carboxylic acids is 1. The van der Waals surface area contributed by atoms with Gasteiger partial charge in [-0.25, -0.2) is 4.79 Å². The first-order chi connectivity index (χ1) is 18.2. The molecular weight excluding hydrogens is 571 g/mol. The van der Waals surface area contributed by atoms with Crippen LogP contribution in [0.25, 0.3) is 0 Å². The molecule has 3 heterocycles. The molecule has 0 saturated carbocycles. The van der Waals surface area contributed by atoms with Gasteiger partial charge in [-0.15, -0.1) is 0 Å². The van der Waals surface area contributed by atoms with Crippen LogP contribution in [0.2, 0.25) is 0 Å². The van der Waals surface area contributed by atoms with Gasteiger partial charge in [0, 0.05) is 25.2 Å². The van der Waals surface area contributed by atoms with Crippen LogP contribution in [0.1, 0.15) is 41.5 Å². The molecule has 3 aromatic rings. The summed E-state index contributed by atoms with van der Waals surface area (Å²) in [5.41, 5.74) is -0.922. The molecule has 1 atom stereocenters. The Morgan fingerprint density at radius 1 is 0.872 bits per heavy atom. The lowest BCUT2D eigenvalue weighted by molar-refractivity contribution is -0.946. The minimum absolute atomic E-state index is 0. The molecular formula is C31H33BrF3NO3. The summed E-state index contributed by atoms with van der Waals surface area (Å²) < 4.78 is 46.2. The van der Waals surface area contributed by atoms with E-state index in [0.29, 0.717) is 29.7 Å². The number of aryl methyl sites for hydroxylation is 1. The summed E-state index contributed by atoms with van der Waals surface area (Å²) in [6.07, 6.45) is -1.47. The summed E-state index contributed by atoms with van der Waals surface area (Å²) in [7, 11) is 0. The van der Waals surface area contributed by atoms with Gasteiger partial charge in [0.1, 0.15) is 6.54 Å². The van der Waals surface area contributed by atoms with Crippen molar-refractivity contribution in [3.8, 4) is 0 Å². The SMILES string of the molecule is O=C(OC1C[N+]2(CCCc3cccc(C(F)(F)F)c3)CCC1CC2)C(O)(c1ccccc1)c1ccccc1.[Br-]. The molecule has 6 rings (SSSR count). The fourth-order valence-corrected chi connectivity index (χ4v) is 6.17. The molecule has 3 aliphatic heterocycles. The fraction of sp³-hybridized carbons (Fsp3) is 0.387. The van der Waals surface area contributed by atoms with Crippen LogP contribution in [0.4, 0.5) is 13.2 Å². The third kappa shape index (κ3) is 6.23. The molecule has 8 heteroatoms. The van der Waals surface area contributed by atoms with Gasteiger partial charge >= 0.3 is 12.1 Å². The van der Waals surface area contributed by atoms with E-state index < -0.39 is 23.3 Å². The summed E-state index contributed by atoms with van der Waals surface area (Å²) in [6.45, 7) is 3.43. The van der Waals surface area contributed by atoms with Crippen molar-refractivity contribution < 1.29 is 49.3 Å². The molecule has 1 unspecified atom stereocenters. The highest BCUT2D eigenvalue weighted by Gasteiger charge is 2.50. The number of carbonyl (C=O) groups is 1. The van der Waals surface area contributed by atoms with Gasteiger partial charge in [0.05, 0.1) is 25.2 Å². The highest BCUT2D eigenvalue weighted by atomic mass is 79.9. The van der Waals surface area contributed by atoms with Crippen molar-refractivity contribution in [3.63, 3.8) is 0 Å². The first-order valence-corrected chi connectivity index (χ1v) is 13.3. The van der Waals surface area contributed by atoms with E-state index in [1.54, 1.807) is 54.6 Å². The van der Waals surface area contributed by atoms with E-state index in [1.807, 2.05) is 12.1 Å². The second-order valence-corrected chi connectivity index (χ2v) is 10.7. The Kier molecular flexibility index (Phi) is 8.88. The van der Waals surface area contributed by atoms with E-state index in [2.05, 4.69) is 0 Å². The average Bonchev–Trinajstić information content (AvgIpc) is 2.94. The van der Waals surface area contributed by atoms with E-state index in [0.717, 1.165) is 49.4 Å². The second kappa shape index (κ2) is 11.8. The monoisotopic (exact) mass is 603 g/mol. The van der Waals surface area contributed by atoms with Crippen LogP contribution in [-0.4, -0.2) is 47.8 Å². The van der Waals surface area contributed by atoms with Gasteiger partial charge in [-0.3, -0.25) is 0 Å². The number of hydrogen-bond acceptors (Lipinski definition) is 3. The number of aliphatic hydroxyl groups is 1. The molecule has 3 fully saturated rings. The van der Waals surface area contributed by atoms with Crippen LogP contribution in [-0.2, 0) is 27.7 Å². The molecule has 0 aromatic heterocycles. The molecule has 208 valence electrons.